The van der Waals surface area contributed by atoms with Crippen molar-refractivity contribution in [2.24, 2.45) is 0 Å². The van der Waals surface area contributed by atoms with Gasteiger partial charge in [-0.2, -0.15) is 0 Å². The van der Waals surface area contributed by atoms with Gasteiger partial charge in [-0.1, -0.05) is 18.2 Å². The fourth-order valence-electron chi connectivity index (χ4n) is 2.71. The first-order valence-corrected chi connectivity index (χ1v) is 9.34. The van der Waals surface area contributed by atoms with Gasteiger partial charge in [-0.15, -0.1) is 11.3 Å². The second kappa shape index (κ2) is 7.67. The molecule has 27 heavy (non-hydrogen) atoms. The van der Waals surface area contributed by atoms with Crippen molar-refractivity contribution < 1.29 is 18.9 Å². The minimum atomic E-state index is 0.344. The highest BCUT2D eigenvalue weighted by molar-refractivity contribution is 7.13. The molecule has 0 bridgehead atoms. The van der Waals surface area contributed by atoms with Crippen molar-refractivity contribution in [1.82, 2.24) is 0 Å². The molecule has 139 valence electrons. The van der Waals surface area contributed by atoms with Crippen molar-refractivity contribution in [1.29, 1.82) is 0 Å². The topological polar surface area (TPSA) is 89.0 Å². The van der Waals surface area contributed by atoms with E-state index in [2.05, 4.69) is 5.38 Å². The number of nitrogens with two attached hydrogens (primary N) is 2. The summed E-state index contributed by atoms with van der Waals surface area (Å²) in [7, 11) is 0. The van der Waals surface area contributed by atoms with Crippen molar-refractivity contribution in [2.45, 2.75) is 0 Å². The van der Waals surface area contributed by atoms with E-state index in [4.69, 9.17) is 30.4 Å². The quantitative estimate of drug-likeness (QED) is 0.499. The molecule has 2 aromatic carbocycles. The average molecular weight is 383 g/mol. The Morgan fingerprint density at radius 2 is 1.67 bits per heavy atom. The standard InChI is InChI=1S/C20H19N2O4S/c21-14-3-1-2-4-16(14)23-7-8-24-17-11-13(5-6-15(17)22)20-19-18(12-27-20)25-9-10-26-19/h1-6,11H,7-10,21-22H2. The van der Waals surface area contributed by atoms with E-state index >= 15 is 0 Å². The van der Waals surface area contributed by atoms with Crippen molar-refractivity contribution >= 4 is 22.7 Å². The Bertz CT molecular complexity index is 941. The molecule has 0 saturated carbocycles. The van der Waals surface area contributed by atoms with Crippen LogP contribution >= 0.6 is 11.3 Å². The minimum Gasteiger partial charge on any atom is -0.488 e. The Morgan fingerprint density at radius 3 is 2.52 bits per heavy atom. The van der Waals surface area contributed by atoms with E-state index in [-0.39, 0.29) is 0 Å². The van der Waals surface area contributed by atoms with Crippen LogP contribution in [-0.2, 0) is 0 Å². The van der Waals surface area contributed by atoms with Gasteiger partial charge in [-0.25, -0.2) is 0 Å². The van der Waals surface area contributed by atoms with Gasteiger partial charge in [0.15, 0.2) is 11.5 Å². The Labute approximate surface area is 161 Å². The molecular weight excluding hydrogens is 364 g/mol. The van der Waals surface area contributed by atoms with Crippen LogP contribution in [-0.4, -0.2) is 26.4 Å². The van der Waals surface area contributed by atoms with E-state index in [1.807, 2.05) is 36.4 Å². The highest BCUT2D eigenvalue weighted by Gasteiger charge is 2.21. The first-order valence-electron chi connectivity index (χ1n) is 8.52. The van der Waals surface area contributed by atoms with E-state index in [0.29, 0.717) is 55.1 Å². The molecule has 0 fully saturated rings. The van der Waals surface area contributed by atoms with Gasteiger partial charge in [0, 0.05) is 0 Å². The number of ether oxygens (including phenoxy) is 4. The summed E-state index contributed by atoms with van der Waals surface area (Å²) in [6.45, 7) is 1.78. The number of benzene rings is 2. The molecule has 1 aliphatic rings. The van der Waals surface area contributed by atoms with Crippen LogP contribution in [0.4, 0.5) is 11.4 Å². The number of anilines is 2. The number of para-hydroxylation sites is 2. The van der Waals surface area contributed by atoms with Crippen LogP contribution in [0.1, 0.15) is 0 Å². The minimum absolute atomic E-state index is 0.344. The number of rotatable bonds is 6. The highest BCUT2D eigenvalue weighted by atomic mass is 32.1. The summed E-state index contributed by atoms with van der Waals surface area (Å²) in [5, 5.41) is 3.13. The summed E-state index contributed by atoms with van der Waals surface area (Å²) in [6.07, 6.45) is 0. The second-order valence-corrected chi connectivity index (χ2v) is 6.69. The largest absolute Gasteiger partial charge is 0.488 e. The molecule has 4 rings (SSSR count). The maximum atomic E-state index is 6.05. The first-order chi connectivity index (χ1) is 13.2. The van der Waals surface area contributed by atoms with Gasteiger partial charge < -0.3 is 30.4 Å². The van der Waals surface area contributed by atoms with Crippen LogP contribution in [0.5, 0.6) is 23.0 Å². The van der Waals surface area contributed by atoms with E-state index in [1.54, 1.807) is 6.07 Å². The molecule has 0 saturated heterocycles. The maximum absolute atomic E-state index is 6.05. The Balaban J connectivity index is 1.44. The normalized spacial score (nSPS) is 12.6. The van der Waals surface area contributed by atoms with E-state index in [1.165, 1.54) is 11.3 Å². The van der Waals surface area contributed by atoms with E-state index in [9.17, 15) is 0 Å². The third kappa shape index (κ3) is 3.73. The summed E-state index contributed by atoms with van der Waals surface area (Å²) in [5.74, 6) is 2.62. The monoisotopic (exact) mass is 383 g/mol. The lowest BCUT2D eigenvalue weighted by molar-refractivity contribution is 0.174. The highest BCUT2D eigenvalue weighted by Crippen LogP contribution is 2.46. The van der Waals surface area contributed by atoms with Crippen molar-refractivity contribution in [3.8, 4) is 33.4 Å². The zero-order valence-electron chi connectivity index (χ0n) is 14.6. The summed E-state index contributed by atoms with van der Waals surface area (Å²) < 4.78 is 22.7. The molecule has 1 aromatic heterocycles. The Kier molecular flexibility index (Phi) is 4.93. The molecule has 7 heteroatoms. The summed E-state index contributed by atoms with van der Waals surface area (Å²) in [5.41, 5.74) is 14.0. The fraction of sp³-hybridized carbons (Fsp3) is 0.200. The SMILES string of the molecule is Nc1ccccc1OCCOc1cc(-c2s[c]c3c2OCCO3)ccc1N. The number of nitrogen functional groups attached to an aromatic ring is 2. The van der Waals surface area contributed by atoms with Crippen LogP contribution in [0.3, 0.4) is 0 Å². The lowest BCUT2D eigenvalue weighted by Crippen LogP contribution is -2.14. The summed E-state index contributed by atoms with van der Waals surface area (Å²) in [4.78, 5) is 0.947. The average Bonchev–Trinajstić information content (AvgIpc) is 3.12. The molecule has 6 nitrogen and oxygen atoms in total. The lowest BCUT2D eigenvalue weighted by atomic mass is 10.1. The van der Waals surface area contributed by atoms with Crippen molar-refractivity contribution in [3.05, 3.63) is 47.8 Å². The fourth-order valence-corrected chi connectivity index (χ4v) is 3.55. The molecule has 1 aliphatic heterocycles. The molecule has 4 N–H and O–H groups in total. The third-order valence-corrected chi connectivity index (χ3v) is 4.94. The van der Waals surface area contributed by atoms with Crippen LogP contribution < -0.4 is 30.4 Å². The molecule has 3 aromatic rings. The number of hydrogen-bond donors (Lipinski definition) is 2. The van der Waals surface area contributed by atoms with Crippen molar-refractivity contribution in [2.75, 3.05) is 37.9 Å². The van der Waals surface area contributed by atoms with Crippen molar-refractivity contribution in [3.63, 3.8) is 0 Å². The lowest BCUT2D eigenvalue weighted by Gasteiger charge is -2.16. The Morgan fingerprint density at radius 1 is 0.926 bits per heavy atom. The van der Waals surface area contributed by atoms with Crippen LogP contribution in [0.15, 0.2) is 42.5 Å². The first kappa shape index (κ1) is 17.4. The zero-order chi connectivity index (χ0) is 18.6. The molecule has 2 heterocycles. The summed E-state index contributed by atoms with van der Waals surface area (Å²) >= 11 is 1.45. The summed E-state index contributed by atoms with van der Waals surface area (Å²) in [6, 6.07) is 13.0. The van der Waals surface area contributed by atoms with Gasteiger partial charge >= 0.3 is 0 Å². The molecule has 0 atom stereocenters. The third-order valence-electron chi connectivity index (χ3n) is 4.03. The predicted octanol–water partition coefficient (Wildman–Crippen LogP) is 3.61. The molecule has 0 unspecified atom stereocenters. The molecule has 1 radical (unpaired) electrons. The van der Waals surface area contributed by atoms with Crippen LogP contribution in [0.2, 0.25) is 0 Å². The predicted molar refractivity (Wildman–Crippen MR) is 106 cm³/mol. The van der Waals surface area contributed by atoms with Gasteiger partial charge in [-0.05, 0) is 29.8 Å². The number of fused-ring (bicyclic) bond motifs is 1. The molecule has 0 amide bonds. The van der Waals surface area contributed by atoms with Gasteiger partial charge in [0.05, 0.1) is 21.6 Å². The number of thiophene rings is 1. The van der Waals surface area contributed by atoms with Crippen LogP contribution in [0, 0.1) is 5.38 Å². The smallest absolute Gasteiger partial charge is 0.181 e. The van der Waals surface area contributed by atoms with E-state index < -0.39 is 0 Å². The van der Waals surface area contributed by atoms with E-state index in [0.717, 1.165) is 16.2 Å². The molecule has 0 spiro atoms. The van der Waals surface area contributed by atoms with Gasteiger partial charge in [-0.3, -0.25) is 0 Å². The zero-order valence-corrected chi connectivity index (χ0v) is 15.4. The van der Waals surface area contributed by atoms with Crippen LogP contribution in [0.25, 0.3) is 10.4 Å². The molecular formula is C20H19N2O4S. The Hall–Kier alpha value is -3.06. The van der Waals surface area contributed by atoms with Gasteiger partial charge in [0.25, 0.3) is 0 Å². The maximum Gasteiger partial charge on any atom is 0.181 e. The second-order valence-electron chi connectivity index (χ2n) is 5.88. The molecule has 0 aliphatic carbocycles. The van der Waals surface area contributed by atoms with Gasteiger partial charge in [0.2, 0.25) is 0 Å². The number of hydrogen-bond acceptors (Lipinski definition) is 7. The van der Waals surface area contributed by atoms with Gasteiger partial charge in [0.1, 0.15) is 37.9 Å².